The van der Waals surface area contributed by atoms with Crippen molar-refractivity contribution in [3.63, 3.8) is 0 Å². The molecule has 2 aromatic heterocycles. The molecule has 0 amide bonds. The molecular formula is C16H18Cl2N6S2. The molecule has 3 aromatic rings. The van der Waals surface area contributed by atoms with Crippen molar-refractivity contribution >= 4 is 88.0 Å². The van der Waals surface area contributed by atoms with Crippen molar-refractivity contribution in [2.75, 3.05) is 10.9 Å². The minimum absolute atomic E-state index is 0.543. The highest BCUT2D eigenvalue weighted by atomic mass is 35.5. The molecule has 0 fully saturated rings. The molecule has 0 saturated carbocycles. The Morgan fingerprint density at radius 1 is 0.846 bits per heavy atom. The summed E-state index contributed by atoms with van der Waals surface area (Å²) in [4.78, 5) is 9.08. The lowest BCUT2D eigenvalue weighted by atomic mass is 10.3. The van der Waals surface area contributed by atoms with Crippen LogP contribution in [0.25, 0.3) is 20.4 Å². The van der Waals surface area contributed by atoms with Crippen LogP contribution in [0.3, 0.4) is 0 Å². The van der Waals surface area contributed by atoms with Crippen molar-refractivity contribution in [2.45, 2.75) is 40.5 Å². The summed E-state index contributed by atoms with van der Waals surface area (Å²) >= 11 is 16.0. The molecule has 0 aliphatic rings. The second kappa shape index (κ2) is 8.04. The topological polar surface area (TPSA) is 74.6 Å². The highest BCUT2D eigenvalue weighted by Gasteiger charge is 2.20. The number of thiazole rings is 2. The maximum Gasteiger partial charge on any atom is 0.204 e. The maximum absolute atomic E-state index is 6.58. The average Bonchev–Trinajstić information content (AvgIpc) is 3.27. The largest absolute Gasteiger partial charge is 0.253 e. The Bertz CT molecular complexity index is 886. The van der Waals surface area contributed by atoms with Gasteiger partial charge >= 0.3 is 0 Å². The molecular weight excluding hydrogens is 411 g/mol. The molecule has 1 aromatic carbocycles. The highest BCUT2D eigenvalue weighted by molar-refractivity contribution is 7.25. The Kier molecular flexibility index (Phi) is 5.96. The molecule has 0 atom stereocenters. The number of hydrogen-bond acceptors (Lipinski definition) is 8. The number of hydrazone groups is 2. The van der Waals surface area contributed by atoms with E-state index >= 15 is 0 Å². The molecule has 10 heteroatoms. The van der Waals surface area contributed by atoms with Crippen molar-refractivity contribution in [3.8, 4) is 0 Å². The standard InChI is InChI=1S/C16H18Cl2N6S2/c1-5-7(3)21-23-15-19-11-9(17)14-12(10(18)13(11)25-15)20-16(26-14)24-22-8(4)6-2/h5-6H2,1-4H3,(H,19,23)(H,20,24)/b21-7+,22-8+. The zero-order valence-electron chi connectivity index (χ0n) is 14.8. The van der Waals surface area contributed by atoms with Crippen LogP contribution >= 0.6 is 45.9 Å². The van der Waals surface area contributed by atoms with E-state index in [9.17, 15) is 0 Å². The van der Waals surface area contributed by atoms with Crippen LogP contribution in [0.5, 0.6) is 0 Å². The number of rotatable bonds is 6. The molecule has 26 heavy (non-hydrogen) atoms. The van der Waals surface area contributed by atoms with Gasteiger partial charge in [-0.05, 0) is 26.7 Å². The van der Waals surface area contributed by atoms with E-state index in [1.807, 2.05) is 27.7 Å². The lowest BCUT2D eigenvalue weighted by Crippen LogP contribution is -1.94. The molecule has 2 N–H and O–H groups in total. The number of anilines is 2. The fourth-order valence-electron chi connectivity index (χ4n) is 1.99. The van der Waals surface area contributed by atoms with Crippen LogP contribution in [0.1, 0.15) is 40.5 Å². The number of aromatic nitrogens is 2. The van der Waals surface area contributed by atoms with E-state index < -0.39 is 0 Å². The Morgan fingerprint density at radius 2 is 1.23 bits per heavy atom. The first-order chi connectivity index (χ1) is 12.4. The van der Waals surface area contributed by atoms with E-state index in [2.05, 4.69) is 31.0 Å². The number of nitrogens with one attached hydrogen (secondary N) is 2. The van der Waals surface area contributed by atoms with Crippen molar-refractivity contribution in [1.29, 1.82) is 0 Å². The van der Waals surface area contributed by atoms with Gasteiger partial charge in [-0.3, -0.25) is 10.9 Å². The van der Waals surface area contributed by atoms with E-state index in [-0.39, 0.29) is 0 Å². The summed E-state index contributed by atoms with van der Waals surface area (Å²) in [6.07, 6.45) is 1.74. The number of halogens is 2. The van der Waals surface area contributed by atoms with Gasteiger partial charge in [-0.15, -0.1) is 0 Å². The second-order valence-electron chi connectivity index (χ2n) is 5.65. The van der Waals surface area contributed by atoms with E-state index in [1.54, 1.807) is 0 Å². The molecule has 0 aliphatic heterocycles. The van der Waals surface area contributed by atoms with Crippen LogP contribution in [0.2, 0.25) is 10.0 Å². The van der Waals surface area contributed by atoms with Gasteiger partial charge in [0.05, 0.1) is 19.4 Å². The molecule has 0 bridgehead atoms. The quantitative estimate of drug-likeness (QED) is 0.342. The summed E-state index contributed by atoms with van der Waals surface area (Å²) in [7, 11) is 0. The first-order valence-corrected chi connectivity index (χ1v) is 10.5. The Hall–Kier alpha value is -1.48. The minimum Gasteiger partial charge on any atom is -0.253 e. The Labute approximate surface area is 169 Å². The van der Waals surface area contributed by atoms with Crippen molar-refractivity contribution in [2.24, 2.45) is 10.2 Å². The number of fused-ring (bicyclic) bond motifs is 2. The van der Waals surface area contributed by atoms with Gasteiger partial charge in [-0.2, -0.15) is 10.2 Å². The maximum atomic E-state index is 6.58. The van der Waals surface area contributed by atoms with Gasteiger partial charge in [0.25, 0.3) is 0 Å². The van der Waals surface area contributed by atoms with E-state index in [4.69, 9.17) is 23.2 Å². The van der Waals surface area contributed by atoms with E-state index in [1.165, 1.54) is 22.7 Å². The predicted octanol–water partition coefficient (Wildman–Crippen LogP) is 6.61. The normalized spacial score (nSPS) is 13.0. The minimum atomic E-state index is 0.543. The van der Waals surface area contributed by atoms with Crippen LogP contribution in [0.4, 0.5) is 10.3 Å². The molecule has 0 aliphatic carbocycles. The van der Waals surface area contributed by atoms with Gasteiger partial charge in [0.2, 0.25) is 10.3 Å². The van der Waals surface area contributed by atoms with Crippen LogP contribution in [0.15, 0.2) is 10.2 Å². The summed E-state index contributed by atoms with van der Waals surface area (Å²) in [6.45, 7) is 8.00. The molecule has 3 rings (SSSR count). The average molecular weight is 429 g/mol. The lowest BCUT2D eigenvalue weighted by molar-refractivity contribution is 1.20. The summed E-state index contributed by atoms with van der Waals surface area (Å²) in [5.74, 6) is 0. The lowest BCUT2D eigenvalue weighted by Gasteiger charge is -1.97. The highest BCUT2D eigenvalue weighted by Crippen LogP contribution is 2.45. The van der Waals surface area contributed by atoms with Crippen molar-refractivity contribution < 1.29 is 0 Å². The third-order valence-electron chi connectivity index (χ3n) is 3.78. The molecule has 0 spiro atoms. The second-order valence-corrected chi connectivity index (χ2v) is 8.40. The fourth-order valence-corrected chi connectivity index (χ4v) is 4.49. The smallest absolute Gasteiger partial charge is 0.204 e. The van der Waals surface area contributed by atoms with Crippen molar-refractivity contribution in [1.82, 2.24) is 9.97 Å². The number of hydrogen-bond donors (Lipinski definition) is 2. The number of benzene rings is 1. The van der Waals surface area contributed by atoms with Gasteiger partial charge in [0.1, 0.15) is 11.0 Å². The Balaban J connectivity index is 2.04. The van der Waals surface area contributed by atoms with Gasteiger partial charge in [-0.25, -0.2) is 9.97 Å². The first-order valence-electron chi connectivity index (χ1n) is 8.10. The first kappa shape index (κ1) is 19.3. The summed E-state index contributed by atoms with van der Waals surface area (Å²) in [6, 6.07) is 0. The monoisotopic (exact) mass is 428 g/mol. The zero-order valence-corrected chi connectivity index (χ0v) is 17.9. The third-order valence-corrected chi connectivity index (χ3v) is 6.69. The number of nitrogens with zero attached hydrogens (tertiary/aromatic N) is 4. The van der Waals surface area contributed by atoms with Crippen LogP contribution in [-0.4, -0.2) is 21.4 Å². The van der Waals surface area contributed by atoms with E-state index in [0.29, 0.717) is 31.3 Å². The third kappa shape index (κ3) is 3.78. The van der Waals surface area contributed by atoms with Crippen LogP contribution in [0, 0.1) is 0 Å². The van der Waals surface area contributed by atoms with Gasteiger partial charge < -0.3 is 0 Å². The van der Waals surface area contributed by atoms with Crippen LogP contribution < -0.4 is 10.9 Å². The molecule has 0 radical (unpaired) electrons. The van der Waals surface area contributed by atoms with Crippen LogP contribution in [-0.2, 0) is 0 Å². The Morgan fingerprint density at radius 3 is 1.58 bits per heavy atom. The molecule has 2 heterocycles. The summed E-state index contributed by atoms with van der Waals surface area (Å²) in [5.41, 5.74) is 9.23. The molecule has 138 valence electrons. The SMILES string of the molecule is CC/C(C)=N/Nc1nc2c(Cl)c3sc(N/N=C(\C)CC)nc3c(Cl)c2s1. The summed E-state index contributed by atoms with van der Waals surface area (Å²) in [5, 5.41) is 10.9. The van der Waals surface area contributed by atoms with E-state index in [0.717, 1.165) is 33.7 Å². The predicted molar refractivity (Wildman–Crippen MR) is 117 cm³/mol. The molecule has 0 saturated heterocycles. The van der Waals surface area contributed by atoms with Crippen molar-refractivity contribution in [3.05, 3.63) is 10.0 Å². The molecule has 6 nitrogen and oxygen atoms in total. The molecule has 0 unspecified atom stereocenters. The van der Waals surface area contributed by atoms with Gasteiger partial charge in [0, 0.05) is 11.4 Å². The fraction of sp³-hybridized carbons (Fsp3) is 0.375. The zero-order chi connectivity index (χ0) is 18.8. The summed E-state index contributed by atoms with van der Waals surface area (Å²) < 4.78 is 1.59. The van der Waals surface area contributed by atoms with Gasteiger partial charge in [-0.1, -0.05) is 59.7 Å². The van der Waals surface area contributed by atoms with Gasteiger partial charge in [0.15, 0.2) is 0 Å².